The Bertz CT molecular complexity index is 1320. The van der Waals surface area contributed by atoms with Crippen molar-refractivity contribution in [2.24, 2.45) is 0 Å². The fraction of sp³-hybridized carbons (Fsp3) is 0.174. The second kappa shape index (κ2) is 8.55. The number of carbonyl (C=O) groups is 3. The van der Waals surface area contributed by atoms with Gasteiger partial charge < -0.3 is 9.84 Å². The molecular weight excluding hydrogens is 449 g/mol. The van der Waals surface area contributed by atoms with E-state index in [1.807, 2.05) is 0 Å². The highest BCUT2D eigenvalue weighted by atomic mass is 32.1. The second-order valence-corrected chi connectivity index (χ2v) is 8.30. The highest BCUT2D eigenvalue weighted by Gasteiger charge is 2.48. The molecule has 8 nitrogen and oxygen atoms in total. The number of Topliss-reactive ketones (excluding diaryl/α,β-unsaturated/α-hetero) is 1. The van der Waals surface area contributed by atoms with Crippen molar-refractivity contribution < 1.29 is 28.6 Å². The lowest BCUT2D eigenvalue weighted by Gasteiger charge is -2.22. The van der Waals surface area contributed by atoms with Crippen LogP contribution in [0.15, 0.2) is 48.3 Å². The van der Waals surface area contributed by atoms with Gasteiger partial charge in [-0.2, -0.15) is 0 Å². The topological polar surface area (TPSA) is 110 Å². The van der Waals surface area contributed by atoms with Crippen LogP contribution in [0.5, 0.6) is 0 Å². The fourth-order valence-corrected chi connectivity index (χ4v) is 4.56. The van der Waals surface area contributed by atoms with Gasteiger partial charge >= 0.3 is 11.9 Å². The summed E-state index contributed by atoms with van der Waals surface area (Å²) in [4.78, 5) is 47.9. The van der Waals surface area contributed by atoms with Crippen LogP contribution in [0.4, 0.5) is 9.52 Å². The van der Waals surface area contributed by atoms with Gasteiger partial charge in [-0.05, 0) is 37.1 Å². The minimum Gasteiger partial charge on any atom is -0.507 e. The van der Waals surface area contributed by atoms with E-state index in [2.05, 4.69) is 9.97 Å². The van der Waals surface area contributed by atoms with Crippen molar-refractivity contribution in [1.29, 1.82) is 0 Å². The standard InChI is InChI=1S/C23H18FN3O5S/c1-11-6-7-13(9-15(11)24)18(28)16-17(14-5-4-8-25-10-14)27(21(30)19(16)29)23-26-12(2)20(33-23)22(31)32-3/h4-10,17,28H,1-3H3/t17-/m0/s1. The van der Waals surface area contributed by atoms with Gasteiger partial charge in [0.15, 0.2) is 5.13 Å². The average Bonchev–Trinajstić information content (AvgIpc) is 3.32. The number of aromatic nitrogens is 2. The lowest BCUT2D eigenvalue weighted by atomic mass is 9.96. The Labute approximate surface area is 192 Å². The van der Waals surface area contributed by atoms with Gasteiger partial charge in [-0.1, -0.05) is 29.5 Å². The Morgan fingerprint density at radius 1 is 1.24 bits per heavy atom. The highest BCUT2D eigenvalue weighted by Crippen LogP contribution is 2.43. The number of carbonyl (C=O) groups excluding carboxylic acids is 3. The van der Waals surface area contributed by atoms with Gasteiger partial charge in [-0.3, -0.25) is 19.5 Å². The van der Waals surface area contributed by atoms with Crippen LogP contribution in [0.25, 0.3) is 5.76 Å². The first-order valence-electron chi connectivity index (χ1n) is 9.77. The molecule has 1 N–H and O–H groups in total. The molecular formula is C23H18FN3O5S. The summed E-state index contributed by atoms with van der Waals surface area (Å²) in [6, 6.07) is 6.20. The minimum absolute atomic E-state index is 0.0514. The number of halogens is 1. The van der Waals surface area contributed by atoms with E-state index in [0.29, 0.717) is 16.8 Å². The zero-order chi connectivity index (χ0) is 23.9. The number of benzene rings is 1. The number of methoxy groups -OCH3 is 1. The SMILES string of the molecule is COC(=O)c1sc(N2C(=O)C(=O)C(=C(O)c3ccc(C)c(F)c3)[C@@H]2c2cccnc2)nc1C. The summed E-state index contributed by atoms with van der Waals surface area (Å²) in [6.07, 6.45) is 2.97. The molecule has 3 aromatic rings. The molecule has 0 aliphatic carbocycles. The Morgan fingerprint density at radius 2 is 2.00 bits per heavy atom. The number of ether oxygens (including phenoxy) is 1. The summed E-state index contributed by atoms with van der Waals surface area (Å²) in [5, 5.41) is 11.1. The molecule has 2 aromatic heterocycles. The molecule has 0 saturated carbocycles. The third-order valence-corrected chi connectivity index (χ3v) is 6.39. The van der Waals surface area contributed by atoms with E-state index in [9.17, 15) is 23.9 Å². The van der Waals surface area contributed by atoms with E-state index in [0.717, 1.165) is 22.3 Å². The van der Waals surface area contributed by atoms with E-state index < -0.39 is 35.3 Å². The van der Waals surface area contributed by atoms with E-state index in [4.69, 9.17) is 4.74 Å². The lowest BCUT2D eigenvalue weighted by molar-refractivity contribution is -0.132. The normalized spacial score (nSPS) is 17.5. The molecule has 1 atom stereocenters. The Balaban J connectivity index is 1.93. The number of aliphatic hydroxyl groups excluding tert-OH is 1. The summed E-state index contributed by atoms with van der Waals surface area (Å²) in [5.74, 6) is -3.62. The van der Waals surface area contributed by atoms with Crippen LogP contribution < -0.4 is 4.90 Å². The number of rotatable bonds is 4. The number of aryl methyl sites for hydroxylation is 2. The Hall–Kier alpha value is -3.92. The van der Waals surface area contributed by atoms with Crippen LogP contribution in [-0.2, 0) is 14.3 Å². The summed E-state index contributed by atoms with van der Waals surface area (Å²) in [7, 11) is 1.23. The van der Waals surface area contributed by atoms with Crippen molar-refractivity contribution in [1.82, 2.24) is 9.97 Å². The first-order chi connectivity index (χ1) is 15.7. The first-order valence-corrected chi connectivity index (χ1v) is 10.6. The molecule has 3 heterocycles. The number of esters is 1. The van der Waals surface area contributed by atoms with Crippen LogP contribution in [0, 0.1) is 19.7 Å². The molecule has 168 valence electrons. The Morgan fingerprint density at radius 3 is 2.64 bits per heavy atom. The number of amides is 1. The van der Waals surface area contributed by atoms with Gasteiger partial charge in [0.2, 0.25) is 0 Å². The van der Waals surface area contributed by atoms with Crippen molar-refractivity contribution in [2.75, 3.05) is 12.0 Å². The number of thiazole rings is 1. The van der Waals surface area contributed by atoms with E-state index in [1.165, 1.54) is 31.6 Å². The van der Waals surface area contributed by atoms with Crippen molar-refractivity contribution in [3.05, 3.63) is 81.4 Å². The molecule has 1 aromatic carbocycles. The summed E-state index contributed by atoms with van der Waals surface area (Å²) < 4.78 is 18.9. The summed E-state index contributed by atoms with van der Waals surface area (Å²) in [5.41, 5.74) is 0.941. The number of anilines is 1. The molecule has 0 spiro atoms. The van der Waals surface area contributed by atoms with Gasteiger partial charge in [0.05, 0.1) is 24.4 Å². The van der Waals surface area contributed by atoms with E-state index in [1.54, 1.807) is 26.0 Å². The Kier molecular flexibility index (Phi) is 5.77. The maximum Gasteiger partial charge on any atom is 0.350 e. The van der Waals surface area contributed by atoms with Crippen molar-refractivity contribution >= 4 is 39.9 Å². The van der Waals surface area contributed by atoms with E-state index in [-0.39, 0.29) is 21.1 Å². The monoisotopic (exact) mass is 467 g/mol. The third-order valence-electron chi connectivity index (χ3n) is 5.25. The van der Waals surface area contributed by atoms with Crippen LogP contribution in [0.3, 0.4) is 0 Å². The molecule has 0 unspecified atom stereocenters. The molecule has 1 fully saturated rings. The summed E-state index contributed by atoms with van der Waals surface area (Å²) in [6.45, 7) is 3.15. The highest BCUT2D eigenvalue weighted by molar-refractivity contribution is 7.17. The van der Waals surface area contributed by atoms with Gasteiger partial charge in [0.25, 0.3) is 5.78 Å². The zero-order valence-electron chi connectivity index (χ0n) is 17.8. The quantitative estimate of drug-likeness (QED) is 0.270. The number of hydrogen-bond acceptors (Lipinski definition) is 8. The molecule has 0 radical (unpaired) electrons. The second-order valence-electron chi connectivity index (χ2n) is 7.32. The van der Waals surface area contributed by atoms with Gasteiger partial charge in [-0.15, -0.1) is 0 Å². The predicted octanol–water partition coefficient (Wildman–Crippen LogP) is 3.71. The summed E-state index contributed by atoms with van der Waals surface area (Å²) >= 11 is 0.890. The molecule has 33 heavy (non-hydrogen) atoms. The average molecular weight is 467 g/mol. The molecule has 10 heteroatoms. The largest absolute Gasteiger partial charge is 0.507 e. The molecule has 4 rings (SSSR count). The van der Waals surface area contributed by atoms with Gasteiger partial charge in [0.1, 0.15) is 16.5 Å². The predicted molar refractivity (Wildman–Crippen MR) is 118 cm³/mol. The maximum absolute atomic E-state index is 14.2. The van der Waals surface area contributed by atoms with Crippen molar-refractivity contribution in [3.63, 3.8) is 0 Å². The third kappa shape index (κ3) is 3.78. The molecule has 1 aliphatic rings. The van der Waals surface area contributed by atoms with Gasteiger partial charge in [-0.25, -0.2) is 14.2 Å². The van der Waals surface area contributed by atoms with Crippen molar-refractivity contribution in [3.8, 4) is 0 Å². The smallest absolute Gasteiger partial charge is 0.350 e. The number of pyridine rings is 1. The van der Waals surface area contributed by atoms with Gasteiger partial charge in [0, 0.05) is 18.0 Å². The fourth-order valence-electron chi connectivity index (χ4n) is 3.55. The van der Waals surface area contributed by atoms with Crippen LogP contribution in [-0.4, -0.2) is 39.8 Å². The zero-order valence-corrected chi connectivity index (χ0v) is 18.6. The molecule has 1 amide bonds. The number of nitrogens with zero attached hydrogens (tertiary/aromatic N) is 3. The van der Waals surface area contributed by atoms with Crippen LogP contribution >= 0.6 is 11.3 Å². The number of aliphatic hydroxyl groups is 1. The first kappa shape index (κ1) is 22.3. The maximum atomic E-state index is 14.2. The molecule has 1 aliphatic heterocycles. The van der Waals surface area contributed by atoms with Crippen molar-refractivity contribution in [2.45, 2.75) is 19.9 Å². The van der Waals surface area contributed by atoms with E-state index >= 15 is 0 Å². The van der Waals surface area contributed by atoms with Crippen LogP contribution in [0.1, 0.15) is 38.1 Å². The molecule has 1 saturated heterocycles. The molecule has 0 bridgehead atoms. The number of ketones is 1. The minimum atomic E-state index is -1.08. The lowest BCUT2D eigenvalue weighted by Crippen LogP contribution is -2.29. The van der Waals surface area contributed by atoms with Crippen LogP contribution in [0.2, 0.25) is 0 Å². The number of hydrogen-bond donors (Lipinski definition) is 1.